The lowest BCUT2D eigenvalue weighted by molar-refractivity contribution is 0.569. The fraction of sp³-hybridized carbons (Fsp3) is 0.111. The van der Waals surface area contributed by atoms with E-state index in [9.17, 15) is 19.2 Å². The smallest absolute Gasteiger partial charge is 0.252 e. The number of fused-ring (bicyclic) bond motifs is 10. The average molecular weight is 1490 g/mol. The van der Waals surface area contributed by atoms with Crippen molar-refractivity contribution in [3.63, 3.8) is 0 Å². The van der Waals surface area contributed by atoms with Gasteiger partial charge in [0.2, 0.25) is 0 Å². The van der Waals surface area contributed by atoms with Crippen LogP contribution in [0.3, 0.4) is 0 Å². The number of hydrogen-bond donors (Lipinski definition) is 0. The first-order valence-electron chi connectivity index (χ1n) is 48.9. The van der Waals surface area contributed by atoms with Gasteiger partial charge in [0.25, 0.3) is 6.71 Å². The standard InChI is InChI=1S/C108H88BN5/c1-106(2,3)79-60-77(61-80(66-79)107(4,5)6)78-64-102-104-103(65-78)114(105-92(73-37-19-12-20-38-73)67-81(108(7,8)9)68-93(105)74-39-21-13-22-40-74)101-69-85(110(82-41-23-14-24-42-82)83-51-53-84(54-52-83)111-96-47-29-25-43-88(96)89-44-26-30-48-97(89)111)55-57-95(101)109(104)94-58-56-86(112-98-49-31-27-45-90(98)91-46-28-32-50-99(91)112)70-100(94)113(102)87-62-75(71-33-15-10-16-34-71)59-76(63-87)72-35-17-11-18-36-72/h10-70H,1-9H3/i14D,23D,24D,25D,26D,27D,28D,29D,30D,31D,32D,41D,42D,43D,44D,45D,46D,47D,48D,49D,50D. The van der Waals surface area contributed by atoms with E-state index >= 15 is 0 Å². The van der Waals surface area contributed by atoms with Gasteiger partial charge in [-0.1, -0.05) is 305 Å². The molecule has 114 heavy (non-hydrogen) atoms. The summed E-state index contributed by atoms with van der Waals surface area (Å²) < 4.78 is 201. The molecule has 0 N–H and O–H groups in total. The lowest BCUT2D eigenvalue weighted by Gasteiger charge is -2.46. The Balaban J connectivity index is 0.975. The van der Waals surface area contributed by atoms with E-state index < -0.39 is 150 Å². The Labute approximate surface area is 699 Å². The van der Waals surface area contributed by atoms with Crippen molar-refractivity contribution in [2.45, 2.75) is 78.6 Å². The van der Waals surface area contributed by atoms with Crippen molar-refractivity contribution in [3.8, 4) is 67.0 Å². The molecule has 18 aromatic rings. The molecule has 0 fully saturated rings. The van der Waals surface area contributed by atoms with Gasteiger partial charge in [-0.15, -0.1) is 0 Å². The van der Waals surface area contributed by atoms with Gasteiger partial charge in [-0.25, -0.2) is 0 Å². The molecule has 0 atom stereocenters. The van der Waals surface area contributed by atoms with Gasteiger partial charge in [-0.3, -0.25) is 0 Å². The zero-order valence-electron chi connectivity index (χ0n) is 85.4. The van der Waals surface area contributed by atoms with Crippen molar-refractivity contribution in [1.29, 1.82) is 0 Å². The predicted octanol–water partition coefficient (Wildman–Crippen LogP) is 27.7. The largest absolute Gasteiger partial charge is 0.311 e. The van der Waals surface area contributed by atoms with Crippen molar-refractivity contribution in [1.82, 2.24) is 9.13 Å². The van der Waals surface area contributed by atoms with Crippen molar-refractivity contribution in [3.05, 3.63) is 386 Å². The highest BCUT2D eigenvalue weighted by atomic mass is 15.2. The normalized spacial score (nSPS) is 15.3. The predicted molar refractivity (Wildman–Crippen MR) is 487 cm³/mol. The zero-order valence-corrected chi connectivity index (χ0v) is 64.4. The van der Waals surface area contributed by atoms with Gasteiger partial charge in [0.05, 0.1) is 56.5 Å². The van der Waals surface area contributed by atoms with Gasteiger partial charge < -0.3 is 23.8 Å². The van der Waals surface area contributed by atoms with E-state index in [0.717, 1.165) is 83.5 Å². The maximum Gasteiger partial charge on any atom is 0.252 e. The molecule has 6 heteroatoms. The van der Waals surface area contributed by atoms with Gasteiger partial charge in [-0.05, 0) is 221 Å². The SMILES string of the molecule is [2H]c1c([2H])c([2H])c(N(c2ccc(-n3c4c([2H])c([2H])c([2H])c([2H])c4c4c([2H])c([2H])c([2H])c([2H])c43)cc2)c2ccc3c(c2)N(c2c(-c4ccccc4)cc(C(C)(C)C)cc2-c2ccccc2)c2cc(-c4cc(C(C)(C)C)cc(C(C)(C)C)c4)cc4c2B3c2ccc(-n3c5c([2H])c([2H])c([2H])c([2H])c5c5c([2H])c([2H])c([2H])c([2H])c53)cc2N4c2cc(-c3ccccc3)cc(-c3ccccc3)c2)c([2H])c1[2H]. The van der Waals surface area contributed by atoms with Crippen LogP contribution in [0.2, 0.25) is 0 Å². The molecule has 4 heterocycles. The molecule has 0 saturated heterocycles. The van der Waals surface area contributed by atoms with Crippen LogP contribution < -0.4 is 31.1 Å². The van der Waals surface area contributed by atoms with Gasteiger partial charge >= 0.3 is 0 Å². The van der Waals surface area contributed by atoms with E-state index in [1.807, 2.05) is 109 Å². The van der Waals surface area contributed by atoms with Gasteiger partial charge in [0.15, 0.2) is 0 Å². The van der Waals surface area contributed by atoms with Crippen molar-refractivity contribution >= 4 is 118 Å². The number of aromatic nitrogens is 2. The molecular formula is C108H88BN5. The van der Waals surface area contributed by atoms with E-state index in [0.29, 0.717) is 39.4 Å². The molecule has 20 rings (SSSR count). The highest BCUT2D eigenvalue weighted by Gasteiger charge is 2.46. The van der Waals surface area contributed by atoms with Gasteiger partial charge in [-0.2, -0.15) is 0 Å². The van der Waals surface area contributed by atoms with Crippen LogP contribution in [0.1, 0.15) is 108 Å². The van der Waals surface area contributed by atoms with Crippen molar-refractivity contribution in [2.24, 2.45) is 0 Å². The summed E-state index contributed by atoms with van der Waals surface area (Å²) >= 11 is 0. The molecule has 0 radical (unpaired) electrons. The molecule has 0 saturated carbocycles. The van der Waals surface area contributed by atoms with E-state index in [1.54, 1.807) is 33.7 Å². The Kier molecular flexibility index (Phi) is 12.0. The monoisotopic (exact) mass is 1490 g/mol. The topological polar surface area (TPSA) is 19.6 Å². The first-order chi connectivity index (χ1) is 64.2. The van der Waals surface area contributed by atoms with E-state index in [1.165, 1.54) is 4.57 Å². The molecule has 0 amide bonds. The Bertz CT molecular complexity index is 7790. The Hall–Kier alpha value is -13.4. The highest BCUT2D eigenvalue weighted by Crippen LogP contribution is 2.55. The molecule has 2 aliphatic rings. The Morgan fingerprint density at radius 3 is 1.12 bits per heavy atom. The second-order valence-corrected chi connectivity index (χ2v) is 32.6. The van der Waals surface area contributed by atoms with Gasteiger partial charge in [0, 0.05) is 89.5 Å². The fourth-order valence-corrected chi connectivity index (χ4v) is 16.8. The molecule has 2 aliphatic heterocycles. The lowest BCUT2D eigenvalue weighted by Crippen LogP contribution is -2.61. The quantitative estimate of drug-likeness (QED) is 0.114. The molecule has 5 nitrogen and oxygen atoms in total. The number of nitrogens with zero attached hydrogens (tertiary/aromatic N) is 5. The molecule has 16 aromatic carbocycles. The summed E-state index contributed by atoms with van der Waals surface area (Å²) in [5.74, 6) is 0. The first-order valence-corrected chi connectivity index (χ1v) is 38.4. The zero-order chi connectivity index (χ0) is 95.6. The summed E-state index contributed by atoms with van der Waals surface area (Å²) in [5.41, 5.74) is 16.7. The third-order valence-corrected chi connectivity index (χ3v) is 22.5. The average Bonchev–Trinajstić information content (AvgIpc) is 1.43. The maximum atomic E-state index is 10.1. The lowest BCUT2D eigenvalue weighted by atomic mass is 9.33. The first kappa shape index (κ1) is 50.5. The minimum Gasteiger partial charge on any atom is -0.311 e. The third kappa shape index (κ3) is 11.9. The number of hydrogen-bond acceptors (Lipinski definition) is 3. The fourth-order valence-electron chi connectivity index (χ4n) is 16.8. The molecule has 2 aromatic heterocycles. The van der Waals surface area contributed by atoms with Crippen LogP contribution in [-0.2, 0) is 16.2 Å². The Morgan fingerprint density at radius 2 is 0.649 bits per heavy atom. The third-order valence-electron chi connectivity index (χ3n) is 22.5. The molecule has 0 bridgehead atoms. The minimum absolute atomic E-state index is 0.0788. The van der Waals surface area contributed by atoms with Crippen LogP contribution in [0.15, 0.2) is 370 Å². The van der Waals surface area contributed by atoms with E-state index in [2.05, 4.69) is 181 Å². The summed E-state index contributed by atoms with van der Waals surface area (Å²) in [6.07, 6.45) is 0. The van der Waals surface area contributed by atoms with Crippen LogP contribution in [0, 0.1) is 0 Å². The summed E-state index contributed by atoms with van der Waals surface area (Å²) in [4.78, 5) is 6.18. The molecule has 0 aliphatic carbocycles. The number of rotatable bonds is 12. The molecule has 0 unspecified atom stereocenters. The molecule has 548 valence electrons. The summed E-state index contributed by atoms with van der Waals surface area (Å²) in [7, 11) is 0. The molecular weight excluding hydrogens is 1380 g/mol. The van der Waals surface area contributed by atoms with Gasteiger partial charge in [0.1, 0.15) is 0 Å². The maximum absolute atomic E-state index is 10.1. The minimum atomic E-state index is -0.841. The highest BCUT2D eigenvalue weighted by molar-refractivity contribution is 7.00. The second-order valence-electron chi connectivity index (χ2n) is 32.6. The molecule has 0 spiro atoms. The number of para-hydroxylation sites is 5. The summed E-state index contributed by atoms with van der Waals surface area (Å²) in [6.45, 7) is 18.9. The van der Waals surface area contributed by atoms with Crippen LogP contribution in [0.25, 0.3) is 111 Å². The van der Waals surface area contributed by atoms with Crippen molar-refractivity contribution in [2.75, 3.05) is 14.7 Å². The van der Waals surface area contributed by atoms with E-state index in [-0.39, 0.29) is 72.0 Å². The van der Waals surface area contributed by atoms with Crippen LogP contribution >= 0.6 is 0 Å². The Morgan fingerprint density at radius 1 is 0.272 bits per heavy atom. The summed E-state index contributed by atoms with van der Waals surface area (Å²) in [6, 6.07) is 69.2. The number of anilines is 9. The number of benzene rings is 16. The van der Waals surface area contributed by atoms with E-state index in [4.69, 9.17) is 9.60 Å². The van der Waals surface area contributed by atoms with Crippen molar-refractivity contribution < 1.29 is 28.8 Å². The van der Waals surface area contributed by atoms with Crippen LogP contribution in [0.4, 0.5) is 51.2 Å². The second kappa shape index (κ2) is 27.2. The van der Waals surface area contributed by atoms with Crippen LogP contribution in [-0.4, -0.2) is 15.8 Å². The van der Waals surface area contributed by atoms with Crippen LogP contribution in [0.5, 0.6) is 0 Å². The summed E-state index contributed by atoms with van der Waals surface area (Å²) in [5, 5.41) is -0.471.